The number of aromatic nitrogens is 8. The number of hydrogen-bond acceptors (Lipinski definition) is 10. The Morgan fingerprint density at radius 3 is 1.29 bits per heavy atom. The van der Waals surface area contributed by atoms with Gasteiger partial charge in [-0.1, -0.05) is 73.5 Å². The summed E-state index contributed by atoms with van der Waals surface area (Å²) in [6.07, 6.45) is 7.05. The molecule has 0 unspecified atom stereocenters. The van der Waals surface area contributed by atoms with Gasteiger partial charge in [-0.2, -0.15) is 0 Å². The van der Waals surface area contributed by atoms with Crippen molar-refractivity contribution in [1.82, 2.24) is 38.3 Å². The van der Waals surface area contributed by atoms with E-state index < -0.39 is 0 Å². The lowest BCUT2D eigenvalue weighted by Gasteiger charge is -2.21. The fourth-order valence-electron chi connectivity index (χ4n) is 8.22. The van der Waals surface area contributed by atoms with Crippen LogP contribution in [0.25, 0.3) is 33.4 Å². The smallest absolute Gasteiger partial charge is 0.263 e. The van der Waals surface area contributed by atoms with Crippen molar-refractivity contribution >= 4 is 45.3 Å². The molecule has 2 aliphatic rings. The van der Waals surface area contributed by atoms with Gasteiger partial charge in [0.1, 0.15) is 11.5 Å². The number of anilines is 2. The summed E-state index contributed by atoms with van der Waals surface area (Å²) in [5, 5.41) is 19.1. The molecule has 58 heavy (non-hydrogen) atoms. The predicted octanol–water partition coefficient (Wildman–Crippen LogP) is 6.18. The lowest BCUT2D eigenvalue weighted by Crippen LogP contribution is -2.28. The highest BCUT2D eigenvalue weighted by atomic mass is 16.5. The summed E-state index contributed by atoms with van der Waals surface area (Å²) in [7, 11) is 3.22. The molecule has 296 valence electrons. The zero-order chi connectivity index (χ0) is 39.6. The number of nitrogens with zero attached hydrogens (tertiary/aromatic N) is 10. The Kier molecular flexibility index (Phi) is 10.2. The maximum atomic E-state index is 13.5. The summed E-state index contributed by atoms with van der Waals surface area (Å²) >= 11 is 0. The van der Waals surface area contributed by atoms with Gasteiger partial charge in [-0.05, 0) is 73.2 Å². The molecule has 0 spiro atoms. The molecule has 2 aliphatic heterocycles. The monoisotopic (exact) mass is 778 g/mol. The third kappa shape index (κ3) is 6.88. The van der Waals surface area contributed by atoms with E-state index in [0.29, 0.717) is 46.9 Å². The Bertz CT molecular complexity index is 2830. The second-order valence-corrected chi connectivity index (χ2v) is 14.9. The van der Waals surface area contributed by atoms with Crippen LogP contribution in [-0.4, -0.2) is 78.7 Å². The molecule has 6 heterocycles. The molecule has 0 radical (unpaired) electrons. The van der Waals surface area contributed by atoms with Crippen molar-refractivity contribution in [3.8, 4) is 11.5 Å². The lowest BCUT2D eigenvalue weighted by molar-refractivity contribution is 0.415. The van der Waals surface area contributed by atoms with Gasteiger partial charge in [-0.3, -0.25) is 18.7 Å². The van der Waals surface area contributed by atoms with E-state index in [-0.39, 0.29) is 11.1 Å². The fraction of sp³-hybridized carbons (Fsp3) is 0.318. The first kappa shape index (κ1) is 36.9. The molecule has 0 saturated carbocycles. The van der Waals surface area contributed by atoms with Crippen LogP contribution in [0.2, 0.25) is 0 Å². The molecule has 4 aromatic heterocycles. The van der Waals surface area contributed by atoms with Crippen molar-refractivity contribution < 1.29 is 9.47 Å². The second-order valence-electron chi connectivity index (χ2n) is 14.9. The Morgan fingerprint density at radius 2 is 0.897 bits per heavy atom. The van der Waals surface area contributed by atoms with Crippen LogP contribution in [0.3, 0.4) is 0 Å². The van der Waals surface area contributed by atoms with Crippen molar-refractivity contribution in [1.29, 1.82) is 0 Å². The molecule has 14 nitrogen and oxygen atoms in total. The van der Waals surface area contributed by atoms with Crippen molar-refractivity contribution in [2.45, 2.75) is 51.6 Å². The van der Waals surface area contributed by atoms with Crippen LogP contribution in [0, 0.1) is 0 Å². The van der Waals surface area contributed by atoms with Crippen molar-refractivity contribution in [2.24, 2.45) is 0 Å². The molecular formula is C44H46N10O4. The molecule has 2 fully saturated rings. The van der Waals surface area contributed by atoms with Gasteiger partial charge in [0.25, 0.3) is 11.1 Å². The van der Waals surface area contributed by atoms with Crippen LogP contribution in [0.5, 0.6) is 11.5 Å². The zero-order valence-electron chi connectivity index (χ0n) is 32.8. The summed E-state index contributed by atoms with van der Waals surface area (Å²) in [6, 6.07) is 31.1. The van der Waals surface area contributed by atoms with Crippen molar-refractivity contribution in [3.05, 3.63) is 129 Å². The average Bonchev–Trinajstić information content (AvgIpc) is 4.02. The molecular weight excluding hydrogens is 733 g/mol. The molecule has 0 bridgehead atoms. The van der Waals surface area contributed by atoms with Crippen LogP contribution >= 0.6 is 0 Å². The van der Waals surface area contributed by atoms with Gasteiger partial charge in [0, 0.05) is 26.2 Å². The Morgan fingerprint density at radius 1 is 0.500 bits per heavy atom. The maximum absolute atomic E-state index is 13.5. The molecule has 4 aromatic carbocycles. The van der Waals surface area contributed by atoms with E-state index in [4.69, 9.17) is 9.47 Å². The van der Waals surface area contributed by atoms with Crippen LogP contribution in [0.1, 0.15) is 49.7 Å². The molecule has 0 aliphatic carbocycles. The summed E-state index contributed by atoms with van der Waals surface area (Å²) < 4.78 is 18.2. The van der Waals surface area contributed by atoms with Gasteiger partial charge in [0.2, 0.25) is 23.5 Å². The average molecular weight is 779 g/mol. The Labute approximate surface area is 334 Å². The minimum atomic E-state index is -0.0920. The van der Waals surface area contributed by atoms with E-state index >= 15 is 0 Å². The summed E-state index contributed by atoms with van der Waals surface area (Å²) in [4.78, 5) is 31.4. The number of fused-ring (bicyclic) bond motifs is 6. The van der Waals surface area contributed by atoms with Crippen molar-refractivity contribution in [3.63, 3.8) is 0 Å². The van der Waals surface area contributed by atoms with Gasteiger partial charge in [0.15, 0.2) is 0 Å². The van der Waals surface area contributed by atoms with E-state index in [2.05, 4.69) is 30.2 Å². The highest BCUT2D eigenvalue weighted by molar-refractivity contribution is 5.84. The molecule has 0 atom stereocenters. The molecule has 0 amide bonds. The van der Waals surface area contributed by atoms with Crippen molar-refractivity contribution in [2.75, 3.05) is 50.2 Å². The third-order valence-corrected chi connectivity index (χ3v) is 11.2. The quantitative estimate of drug-likeness (QED) is 0.176. The van der Waals surface area contributed by atoms with E-state index in [9.17, 15) is 9.59 Å². The number of methoxy groups -OCH3 is 2. The number of ether oxygens (including phenoxy) is 2. The predicted molar refractivity (Wildman–Crippen MR) is 226 cm³/mol. The maximum Gasteiger partial charge on any atom is 0.263 e. The molecule has 8 aromatic rings. The topological polar surface area (TPSA) is 129 Å². The molecule has 14 heteroatoms. The SMILES string of the molecule is COc1ccc2c(c1)c(=O)n(Cc1ccccc1)c1nnc(N3CCCC3)n21.COc1ccc2c(c1)c(=O)n(Cc1ccccc1)c1nnc(N3CCCCCC3)n21. The minimum absolute atomic E-state index is 0.0879. The van der Waals surface area contributed by atoms with Gasteiger partial charge < -0.3 is 19.3 Å². The van der Waals surface area contributed by atoms with E-state index in [1.807, 2.05) is 99.8 Å². The zero-order valence-corrected chi connectivity index (χ0v) is 32.8. The summed E-state index contributed by atoms with van der Waals surface area (Å²) in [5.74, 6) is 4.06. The molecule has 2 saturated heterocycles. The number of benzene rings is 4. The highest BCUT2D eigenvalue weighted by Gasteiger charge is 2.24. The molecule has 10 rings (SSSR count). The summed E-state index contributed by atoms with van der Waals surface area (Å²) in [6.45, 7) is 4.70. The van der Waals surface area contributed by atoms with Crippen LogP contribution in [0.15, 0.2) is 107 Å². The summed E-state index contributed by atoms with van der Waals surface area (Å²) in [5.41, 5.74) is 3.52. The van der Waals surface area contributed by atoms with Gasteiger partial charge in [-0.15, -0.1) is 20.4 Å². The first-order chi connectivity index (χ1) is 28.5. The number of rotatable bonds is 8. The minimum Gasteiger partial charge on any atom is -0.497 e. The first-order valence-corrected chi connectivity index (χ1v) is 20.0. The Hall–Kier alpha value is -6.70. The third-order valence-electron chi connectivity index (χ3n) is 11.2. The van der Waals surface area contributed by atoms with E-state index in [1.165, 1.54) is 12.8 Å². The standard InChI is InChI=1S/C23H25N5O2.C21H21N5O2/c1-30-18-11-12-20-19(15-18)21(29)27(16-17-9-5-4-6-10-17)23-25-24-22(28(20)23)26-13-7-2-3-8-14-26;1-28-16-9-10-18-17(13-16)19(27)25(14-15-7-3-2-4-8-15)21-23-22-20(26(18)21)24-11-5-6-12-24/h4-6,9-12,15H,2-3,7-8,13-14,16H2,1H3;2-4,7-10,13H,5-6,11-12,14H2,1H3. The molecule has 0 N–H and O–H groups in total. The largest absolute Gasteiger partial charge is 0.497 e. The van der Waals surface area contributed by atoms with Gasteiger partial charge >= 0.3 is 0 Å². The van der Waals surface area contributed by atoms with Crippen LogP contribution < -0.4 is 30.4 Å². The van der Waals surface area contributed by atoms with E-state index in [1.54, 1.807) is 29.4 Å². The fourth-order valence-corrected chi connectivity index (χ4v) is 8.22. The normalized spacial score (nSPS) is 14.6. The van der Waals surface area contributed by atoms with Crippen LogP contribution in [-0.2, 0) is 13.1 Å². The lowest BCUT2D eigenvalue weighted by atomic mass is 10.2. The first-order valence-electron chi connectivity index (χ1n) is 20.0. The van der Waals surface area contributed by atoms with Gasteiger partial charge in [0.05, 0.1) is 49.1 Å². The highest BCUT2D eigenvalue weighted by Crippen LogP contribution is 2.27. The second kappa shape index (κ2) is 16.0. The Balaban J connectivity index is 0.000000151. The van der Waals surface area contributed by atoms with E-state index in [0.717, 1.165) is 85.9 Å². The van der Waals surface area contributed by atoms with Crippen LogP contribution in [0.4, 0.5) is 11.9 Å². The number of hydrogen-bond donors (Lipinski definition) is 0. The van der Waals surface area contributed by atoms with Gasteiger partial charge in [-0.25, -0.2) is 8.80 Å².